The molecule has 12 heteroatoms. The van der Waals surface area contributed by atoms with E-state index in [0.717, 1.165) is 18.5 Å². The average molecular weight is 421 g/mol. The molecule has 2 aromatic carbocycles. The van der Waals surface area contributed by atoms with E-state index in [4.69, 9.17) is 4.74 Å². The van der Waals surface area contributed by atoms with Crippen LogP contribution < -0.4 is 20.1 Å². The number of methoxy groups -OCH3 is 1. The summed E-state index contributed by atoms with van der Waals surface area (Å²) in [5.41, 5.74) is 0.311. The third-order valence-electron chi connectivity index (χ3n) is 3.69. The van der Waals surface area contributed by atoms with Gasteiger partial charge < -0.3 is 20.1 Å². The minimum atomic E-state index is -4.82. The molecule has 0 aliphatic rings. The third kappa shape index (κ3) is 5.25. The van der Waals surface area contributed by atoms with Gasteiger partial charge in [-0.05, 0) is 36.4 Å². The molecule has 0 radical (unpaired) electrons. The van der Waals surface area contributed by atoms with E-state index >= 15 is 0 Å². The van der Waals surface area contributed by atoms with Gasteiger partial charge in [0.25, 0.3) is 0 Å². The first-order valence-electron chi connectivity index (χ1n) is 8.28. The van der Waals surface area contributed by atoms with Crippen LogP contribution in [0.3, 0.4) is 0 Å². The molecule has 0 atom stereocenters. The molecule has 0 fully saturated rings. The summed E-state index contributed by atoms with van der Waals surface area (Å²) < 4.78 is 45.7. The Morgan fingerprint density at radius 3 is 2.17 bits per heavy atom. The highest BCUT2D eigenvalue weighted by Gasteiger charge is 2.31. The lowest BCUT2D eigenvalue weighted by Crippen LogP contribution is -2.17. The number of anilines is 4. The van der Waals surface area contributed by atoms with Crippen LogP contribution in [0.1, 0.15) is 0 Å². The Hall–Kier alpha value is -4.09. The van der Waals surface area contributed by atoms with Crippen LogP contribution >= 0.6 is 0 Å². The predicted molar refractivity (Wildman–Crippen MR) is 101 cm³/mol. The number of aromatic nitrogens is 2. The smallest absolute Gasteiger partial charge is 0.497 e. The van der Waals surface area contributed by atoms with Crippen molar-refractivity contribution in [1.29, 1.82) is 0 Å². The van der Waals surface area contributed by atoms with E-state index in [1.54, 1.807) is 24.3 Å². The number of hydrogen-bond donors (Lipinski definition) is 2. The number of nitrogens with zero attached hydrogens (tertiary/aromatic N) is 3. The van der Waals surface area contributed by atoms with E-state index in [2.05, 4.69) is 25.3 Å². The first-order valence-corrected chi connectivity index (χ1v) is 8.28. The lowest BCUT2D eigenvalue weighted by Gasteiger charge is -2.12. The molecule has 156 valence electrons. The van der Waals surface area contributed by atoms with Gasteiger partial charge in [0.2, 0.25) is 11.6 Å². The van der Waals surface area contributed by atoms with Crippen molar-refractivity contribution in [2.75, 3.05) is 17.7 Å². The van der Waals surface area contributed by atoms with Crippen LogP contribution in [0.25, 0.3) is 0 Å². The van der Waals surface area contributed by atoms with Gasteiger partial charge in [-0.2, -0.15) is 0 Å². The van der Waals surface area contributed by atoms with Gasteiger partial charge >= 0.3 is 12.0 Å². The maximum Gasteiger partial charge on any atom is 0.573 e. The summed E-state index contributed by atoms with van der Waals surface area (Å²) >= 11 is 0. The van der Waals surface area contributed by atoms with Gasteiger partial charge in [-0.3, -0.25) is 10.1 Å². The van der Waals surface area contributed by atoms with E-state index < -0.39 is 22.7 Å². The Morgan fingerprint density at radius 2 is 1.60 bits per heavy atom. The van der Waals surface area contributed by atoms with Gasteiger partial charge in [-0.25, -0.2) is 9.97 Å². The Morgan fingerprint density at radius 1 is 0.967 bits per heavy atom. The lowest BCUT2D eigenvalue weighted by molar-refractivity contribution is -0.383. The summed E-state index contributed by atoms with van der Waals surface area (Å²) in [4.78, 5) is 18.7. The Kier molecular flexibility index (Phi) is 5.85. The number of hydrogen-bond acceptors (Lipinski definition) is 8. The van der Waals surface area contributed by atoms with Crippen LogP contribution in [0.15, 0.2) is 54.9 Å². The van der Waals surface area contributed by atoms with Crippen molar-refractivity contribution in [1.82, 2.24) is 9.97 Å². The molecule has 9 nitrogen and oxygen atoms in total. The van der Waals surface area contributed by atoms with Crippen LogP contribution in [-0.2, 0) is 0 Å². The number of ether oxygens (including phenoxy) is 2. The molecule has 0 spiro atoms. The van der Waals surface area contributed by atoms with Gasteiger partial charge in [0, 0.05) is 17.4 Å². The second-order valence-electron chi connectivity index (χ2n) is 5.73. The summed E-state index contributed by atoms with van der Waals surface area (Å²) in [6, 6.07) is 11.4. The standard InChI is InChI=1S/C18H14F3N5O4/c1-29-14-4-2-3-12(9-14)25-17-15(26(27)28)16(22-10-23-17)24-11-5-7-13(8-6-11)30-18(19,20)21/h2-10H,1H3,(H2,22,23,24,25). The number of nitro groups is 1. The fraction of sp³-hybridized carbons (Fsp3) is 0.111. The number of benzene rings is 2. The van der Waals surface area contributed by atoms with Gasteiger partial charge in [-0.15, -0.1) is 13.2 Å². The van der Waals surface area contributed by atoms with E-state index in [-0.39, 0.29) is 17.3 Å². The molecular formula is C18H14F3N5O4. The zero-order chi connectivity index (χ0) is 21.7. The SMILES string of the molecule is COc1cccc(Nc2ncnc(Nc3ccc(OC(F)(F)F)cc3)c2[N+](=O)[O-])c1. The molecule has 0 unspecified atom stereocenters. The molecule has 0 aliphatic heterocycles. The maximum atomic E-state index is 12.3. The fourth-order valence-electron chi connectivity index (χ4n) is 2.45. The van der Waals surface area contributed by atoms with E-state index in [1.807, 2.05) is 0 Å². The molecule has 0 saturated heterocycles. The maximum absolute atomic E-state index is 12.3. The number of alkyl halides is 3. The van der Waals surface area contributed by atoms with Crippen molar-refractivity contribution in [2.45, 2.75) is 6.36 Å². The van der Waals surface area contributed by atoms with Crippen LogP contribution in [0, 0.1) is 10.1 Å². The first-order chi connectivity index (χ1) is 14.2. The molecule has 3 aromatic rings. The van der Waals surface area contributed by atoms with Gasteiger partial charge in [0.1, 0.15) is 17.8 Å². The largest absolute Gasteiger partial charge is 0.573 e. The molecule has 0 bridgehead atoms. The van der Waals surface area contributed by atoms with Crippen LogP contribution in [-0.4, -0.2) is 28.4 Å². The Labute approximate surface area is 167 Å². The van der Waals surface area contributed by atoms with Crippen molar-refractivity contribution < 1.29 is 27.6 Å². The van der Waals surface area contributed by atoms with Crippen LogP contribution in [0.5, 0.6) is 11.5 Å². The van der Waals surface area contributed by atoms with Crippen molar-refractivity contribution in [2.24, 2.45) is 0 Å². The Bertz CT molecular complexity index is 1040. The highest BCUT2D eigenvalue weighted by atomic mass is 19.4. The fourth-order valence-corrected chi connectivity index (χ4v) is 2.45. The zero-order valence-corrected chi connectivity index (χ0v) is 15.3. The zero-order valence-electron chi connectivity index (χ0n) is 15.3. The predicted octanol–water partition coefficient (Wildman–Crippen LogP) is 4.78. The normalized spacial score (nSPS) is 10.9. The average Bonchev–Trinajstić information content (AvgIpc) is 2.68. The van der Waals surface area contributed by atoms with E-state index in [0.29, 0.717) is 11.4 Å². The number of rotatable bonds is 7. The van der Waals surface area contributed by atoms with Crippen molar-refractivity contribution in [3.63, 3.8) is 0 Å². The minimum Gasteiger partial charge on any atom is -0.497 e. The van der Waals surface area contributed by atoms with Crippen LogP contribution in [0.4, 0.5) is 41.9 Å². The van der Waals surface area contributed by atoms with Gasteiger partial charge in [0.15, 0.2) is 0 Å². The van der Waals surface area contributed by atoms with Crippen molar-refractivity contribution in [3.05, 3.63) is 65.0 Å². The first kappa shape index (κ1) is 20.6. The number of halogens is 3. The third-order valence-corrected chi connectivity index (χ3v) is 3.69. The second kappa shape index (κ2) is 8.51. The molecule has 0 saturated carbocycles. The van der Waals surface area contributed by atoms with Crippen molar-refractivity contribution in [3.8, 4) is 11.5 Å². The number of nitrogens with one attached hydrogen (secondary N) is 2. The second-order valence-corrected chi connectivity index (χ2v) is 5.73. The summed E-state index contributed by atoms with van der Waals surface area (Å²) in [5, 5.41) is 17.2. The molecule has 0 aliphatic carbocycles. The van der Waals surface area contributed by atoms with E-state index in [9.17, 15) is 23.3 Å². The molecule has 1 aromatic heterocycles. The monoisotopic (exact) mass is 421 g/mol. The van der Waals surface area contributed by atoms with Gasteiger partial charge in [-0.1, -0.05) is 6.07 Å². The summed E-state index contributed by atoms with van der Waals surface area (Å²) in [7, 11) is 1.49. The summed E-state index contributed by atoms with van der Waals surface area (Å²) in [5.74, 6) is -0.116. The highest BCUT2D eigenvalue weighted by molar-refractivity contribution is 5.77. The summed E-state index contributed by atoms with van der Waals surface area (Å²) in [6.45, 7) is 0. The molecule has 30 heavy (non-hydrogen) atoms. The minimum absolute atomic E-state index is 0.0808. The Balaban J connectivity index is 1.86. The van der Waals surface area contributed by atoms with Crippen LogP contribution in [0.2, 0.25) is 0 Å². The topological polar surface area (TPSA) is 111 Å². The van der Waals surface area contributed by atoms with Gasteiger partial charge in [0.05, 0.1) is 12.0 Å². The molecule has 3 rings (SSSR count). The molecule has 1 heterocycles. The summed E-state index contributed by atoms with van der Waals surface area (Å²) in [6.07, 6.45) is -3.71. The van der Waals surface area contributed by atoms with Crippen molar-refractivity contribution >= 4 is 28.7 Å². The quantitative estimate of drug-likeness (QED) is 0.414. The molecular weight excluding hydrogens is 407 g/mol. The highest BCUT2D eigenvalue weighted by Crippen LogP contribution is 2.34. The van der Waals surface area contributed by atoms with E-state index in [1.165, 1.54) is 19.2 Å². The lowest BCUT2D eigenvalue weighted by atomic mass is 10.3. The molecule has 0 amide bonds. The molecule has 2 N–H and O–H groups in total.